The van der Waals surface area contributed by atoms with Crippen LogP contribution in [0.4, 0.5) is 0 Å². The Kier molecular flexibility index (Phi) is 4.06. The van der Waals surface area contributed by atoms with E-state index in [4.69, 9.17) is 38.2 Å². The molecule has 112 valence electrons. The van der Waals surface area contributed by atoms with Crippen LogP contribution in [0.25, 0.3) is 0 Å². The Labute approximate surface area is 132 Å². The molecule has 2 N–H and O–H groups in total. The van der Waals surface area contributed by atoms with Gasteiger partial charge in [-0.2, -0.15) is 4.98 Å². The first-order valence-corrected chi connectivity index (χ1v) is 7.52. The van der Waals surface area contributed by atoms with Gasteiger partial charge in [-0.05, 0) is 31.0 Å². The Balaban J connectivity index is 1.67. The number of rotatable bonds is 4. The predicted octanol–water partition coefficient (Wildman–Crippen LogP) is 3.68. The number of halogens is 2. The fraction of sp³-hybridized carbons (Fsp3) is 0.429. The van der Waals surface area contributed by atoms with Crippen LogP contribution in [0.15, 0.2) is 22.7 Å². The molecule has 0 bridgehead atoms. The van der Waals surface area contributed by atoms with Crippen molar-refractivity contribution in [2.75, 3.05) is 0 Å². The normalized spacial score (nSPS) is 17.1. The van der Waals surface area contributed by atoms with Crippen molar-refractivity contribution >= 4 is 23.2 Å². The van der Waals surface area contributed by atoms with Crippen LogP contribution in [-0.2, 0) is 12.1 Å². The van der Waals surface area contributed by atoms with Gasteiger partial charge in [-0.3, -0.25) is 0 Å². The first kappa shape index (κ1) is 14.6. The molecule has 0 spiro atoms. The largest absolute Gasteiger partial charge is 0.484 e. The maximum Gasteiger partial charge on any atom is 0.264 e. The molecule has 0 aliphatic heterocycles. The number of ether oxygens (including phenoxy) is 1. The maximum atomic E-state index is 6.28. The highest BCUT2D eigenvalue weighted by molar-refractivity contribution is 6.34. The van der Waals surface area contributed by atoms with Gasteiger partial charge in [-0.15, -0.1) is 0 Å². The van der Waals surface area contributed by atoms with Crippen LogP contribution in [0.3, 0.4) is 0 Å². The first-order chi connectivity index (χ1) is 10.0. The van der Waals surface area contributed by atoms with Crippen LogP contribution in [0.2, 0.25) is 10.0 Å². The summed E-state index contributed by atoms with van der Waals surface area (Å²) in [5.41, 5.74) is 5.82. The number of nitrogens with zero attached hydrogens (tertiary/aromatic N) is 2. The minimum Gasteiger partial charge on any atom is -0.484 e. The number of hydrogen-bond acceptors (Lipinski definition) is 5. The Morgan fingerprint density at radius 2 is 1.86 bits per heavy atom. The summed E-state index contributed by atoms with van der Waals surface area (Å²) >= 11 is 11.8. The van der Waals surface area contributed by atoms with E-state index in [2.05, 4.69) is 10.1 Å². The molecule has 2 aromatic rings. The van der Waals surface area contributed by atoms with Crippen molar-refractivity contribution in [3.8, 4) is 5.75 Å². The lowest BCUT2D eigenvalue weighted by molar-refractivity contribution is 0.241. The summed E-state index contributed by atoms with van der Waals surface area (Å²) in [7, 11) is 0. The van der Waals surface area contributed by atoms with Crippen LogP contribution in [0, 0.1) is 0 Å². The zero-order chi connectivity index (χ0) is 14.9. The van der Waals surface area contributed by atoms with Crippen molar-refractivity contribution in [3.05, 3.63) is 40.0 Å². The van der Waals surface area contributed by atoms with E-state index in [9.17, 15) is 0 Å². The summed E-state index contributed by atoms with van der Waals surface area (Å²) < 4.78 is 10.7. The number of benzene rings is 1. The van der Waals surface area contributed by atoms with Crippen LogP contribution < -0.4 is 10.5 Å². The molecule has 1 aliphatic carbocycles. The molecule has 7 heteroatoms. The average molecular weight is 328 g/mol. The molecule has 1 saturated carbocycles. The monoisotopic (exact) mass is 327 g/mol. The Hall–Kier alpha value is -1.30. The molecule has 0 saturated heterocycles. The Morgan fingerprint density at radius 3 is 2.52 bits per heavy atom. The molecule has 0 atom stereocenters. The van der Waals surface area contributed by atoms with Crippen molar-refractivity contribution < 1.29 is 9.26 Å². The lowest BCUT2D eigenvalue weighted by Crippen LogP contribution is -2.34. The van der Waals surface area contributed by atoms with Gasteiger partial charge in [0.2, 0.25) is 0 Å². The standard InChI is InChI=1S/C14H15Cl2N3O2/c15-9-5-10(16)7-11(6-9)20-8-12-18-13(19-21-12)14(17)3-1-2-4-14/h5-7H,1-4,8,17H2. The maximum absolute atomic E-state index is 6.28. The van der Waals surface area contributed by atoms with Gasteiger partial charge in [0.15, 0.2) is 12.4 Å². The summed E-state index contributed by atoms with van der Waals surface area (Å²) in [6, 6.07) is 4.98. The molecule has 5 nitrogen and oxygen atoms in total. The van der Waals surface area contributed by atoms with Crippen LogP contribution in [0.5, 0.6) is 5.75 Å². The number of hydrogen-bond donors (Lipinski definition) is 1. The van der Waals surface area contributed by atoms with E-state index in [-0.39, 0.29) is 6.61 Å². The molecular formula is C14H15Cl2N3O2. The van der Waals surface area contributed by atoms with E-state index >= 15 is 0 Å². The van der Waals surface area contributed by atoms with Gasteiger partial charge in [0.1, 0.15) is 5.75 Å². The van der Waals surface area contributed by atoms with Gasteiger partial charge in [-0.1, -0.05) is 41.2 Å². The Morgan fingerprint density at radius 1 is 1.19 bits per heavy atom. The molecule has 1 aromatic heterocycles. The lowest BCUT2D eigenvalue weighted by Gasteiger charge is -2.17. The predicted molar refractivity (Wildman–Crippen MR) is 79.4 cm³/mol. The average Bonchev–Trinajstić information content (AvgIpc) is 3.05. The fourth-order valence-electron chi connectivity index (χ4n) is 2.50. The van der Waals surface area contributed by atoms with Gasteiger partial charge in [0.25, 0.3) is 5.89 Å². The fourth-order valence-corrected chi connectivity index (χ4v) is 3.01. The highest BCUT2D eigenvalue weighted by atomic mass is 35.5. The minimum absolute atomic E-state index is 0.153. The zero-order valence-electron chi connectivity index (χ0n) is 11.3. The third kappa shape index (κ3) is 3.31. The van der Waals surface area contributed by atoms with Crippen LogP contribution in [0.1, 0.15) is 37.4 Å². The van der Waals surface area contributed by atoms with Crippen LogP contribution >= 0.6 is 23.2 Å². The van der Waals surface area contributed by atoms with Gasteiger partial charge >= 0.3 is 0 Å². The quantitative estimate of drug-likeness (QED) is 0.926. The molecule has 0 unspecified atom stereocenters. The molecule has 0 radical (unpaired) electrons. The smallest absolute Gasteiger partial charge is 0.264 e. The SMILES string of the molecule is NC1(c2noc(COc3cc(Cl)cc(Cl)c3)n2)CCCC1. The van der Waals surface area contributed by atoms with Crippen LogP contribution in [-0.4, -0.2) is 10.1 Å². The van der Waals surface area contributed by atoms with E-state index < -0.39 is 5.54 Å². The molecule has 1 fully saturated rings. The van der Waals surface area contributed by atoms with Gasteiger partial charge in [0.05, 0.1) is 5.54 Å². The molecule has 1 aliphatic rings. The summed E-state index contributed by atoms with van der Waals surface area (Å²) in [5, 5.41) is 4.99. The summed E-state index contributed by atoms with van der Waals surface area (Å²) in [6.45, 7) is 0.153. The first-order valence-electron chi connectivity index (χ1n) is 6.76. The highest BCUT2D eigenvalue weighted by Crippen LogP contribution is 2.34. The van der Waals surface area contributed by atoms with Crippen molar-refractivity contribution in [3.63, 3.8) is 0 Å². The third-order valence-electron chi connectivity index (χ3n) is 3.61. The van der Waals surface area contributed by atoms with Crippen molar-refractivity contribution in [1.82, 2.24) is 10.1 Å². The molecule has 0 amide bonds. The second-order valence-corrected chi connectivity index (χ2v) is 6.14. The van der Waals surface area contributed by atoms with E-state index in [1.54, 1.807) is 18.2 Å². The minimum atomic E-state index is -0.457. The summed E-state index contributed by atoms with van der Waals surface area (Å²) in [4.78, 5) is 4.33. The Bertz CT molecular complexity index is 619. The second kappa shape index (κ2) is 5.83. The number of aromatic nitrogens is 2. The molecular weight excluding hydrogens is 313 g/mol. The van der Waals surface area contributed by atoms with E-state index in [0.717, 1.165) is 25.7 Å². The summed E-state index contributed by atoms with van der Waals surface area (Å²) in [5.74, 6) is 1.50. The zero-order valence-corrected chi connectivity index (χ0v) is 12.8. The number of nitrogens with two attached hydrogens (primary N) is 1. The van der Waals surface area contributed by atoms with Gasteiger partial charge in [-0.25, -0.2) is 0 Å². The molecule has 1 heterocycles. The second-order valence-electron chi connectivity index (χ2n) is 5.27. The van der Waals surface area contributed by atoms with Gasteiger partial charge in [0, 0.05) is 10.0 Å². The van der Waals surface area contributed by atoms with E-state index in [1.165, 1.54) is 0 Å². The molecule has 1 aromatic carbocycles. The van der Waals surface area contributed by atoms with E-state index in [1.807, 2.05) is 0 Å². The summed E-state index contributed by atoms with van der Waals surface area (Å²) in [6.07, 6.45) is 3.96. The molecule has 21 heavy (non-hydrogen) atoms. The van der Waals surface area contributed by atoms with Crippen molar-refractivity contribution in [2.24, 2.45) is 5.73 Å². The van der Waals surface area contributed by atoms with Crippen molar-refractivity contribution in [1.29, 1.82) is 0 Å². The van der Waals surface area contributed by atoms with E-state index in [0.29, 0.717) is 27.5 Å². The lowest BCUT2D eigenvalue weighted by atomic mass is 9.99. The van der Waals surface area contributed by atoms with Gasteiger partial charge < -0.3 is 15.0 Å². The molecule has 3 rings (SSSR count). The third-order valence-corrected chi connectivity index (χ3v) is 4.04. The van der Waals surface area contributed by atoms with Crippen molar-refractivity contribution in [2.45, 2.75) is 37.8 Å². The highest BCUT2D eigenvalue weighted by Gasteiger charge is 2.35. The topological polar surface area (TPSA) is 74.2 Å².